The molecule has 2 amide bonds. The lowest BCUT2D eigenvalue weighted by atomic mass is 10.0. The third kappa shape index (κ3) is 3.13. The van der Waals surface area contributed by atoms with Gasteiger partial charge in [0.2, 0.25) is 0 Å². The number of carboxylic acid groups (broad SMARTS) is 1. The first-order chi connectivity index (χ1) is 9.97. The molecule has 4 unspecified atom stereocenters. The molecule has 0 radical (unpaired) electrons. The zero-order chi connectivity index (χ0) is 15.6. The van der Waals surface area contributed by atoms with Crippen LogP contribution in [-0.4, -0.2) is 78.5 Å². The molecule has 120 valence electrons. The second kappa shape index (κ2) is 6.62. The molecule has 7 nitrogen and oxygen atoms in total. The van der Waals surface area contributed by atoms with Crippen LogP contribution in [0.25, 0.3) is 0 Å². The van der Waals surface area contributed by atoms with Crippen molar-refractivity contribution >= 4 is 12.0 Å². The summed E-state index contributed by atoms with van der Waals surface area (Å²) in [5.74, 6) is -1.57. The van der Waals surface area contributed by atoms with Gasteiger partial charge < -0.3 is 24.4 Å². The second-order valence-corrected chi connectivity index (χ2v) is 5.66. The highest BCUT2D eigenvalue weighted by Crippen LogP contribution is 2.24. The first-order valence-electron chi connectivity index (χ1n) is 7.43. The van der Waals surface area contributed by atoms with Gasteiger partial charge >= 0.3 is 12.0 Å². The van der Waals surface area contributed by atoms with Gasteiger partial charge in [0.1, 0.15) is 5.92 Å². The molecular formula is C14H24N2O5. The average Bonchev–Trinajstić information content (AvgIpc) is 3.07. The molecule has 7 heteroatoms. The molecule has 2 heterocycles. The van der Waals surface area contributed by atoms with Crippen molar-refractivity contribution in [3.05, 3.63) is 0 Å². The summed E-state index contributed by atoms with van der Waals surface area (Å²) in [7, 11) is 1.76. The third-order valence-corrected chi connectivity index (χ3v) is 4.49. The molecule has 0 saturated carbocycles. The summed E-state index contributed by atoms with van der Waals surface area (Å²) in [6, 6.07) is -0.515. The monoisotopic (exact) mass is 300 g/mol. The highest BCUT2D eigenvalue weighted by molar-refractivity contribution is 5.77. The molecule has 2 saturated heterocycles. The molecule has 2 aliphatic rings. The van der Waals surface area contributed by atoms with E-state index in [9.17, 15) is 14.7 Å². The first kappa shape index (κ1) is 16.0. The van der Waals surface area contributed by atoms with Crippen LogP contribution in [0.3, 0.4) is 0 Å². The van der Waals surface area contributed by atoms with E-state index in [-0.39, 0.29) is 31.4 Å². The Hall–Kier alpha value is -1.34. The molecule has 2 aliphatic heterocycles. The molecule has 0 aromatic carbocycles. The second-order valence-electron chi connectivity index (χ2n) is 5.66. The Kier molecular flexibility index (Phi) is 5.05. The molecule has 2 rings (SSSR count). The standard InChI is InChI=1S/C14H24N2O5/c1-4-16(12-8-20-7-10(12)13(17)18)14(19)15(3)11-5-6-21-9(11)2/h9-12H,4-8H2,1-3H3,(H,17,18). The maximum Gasteiger partial charge on any atom is 0.320 e. The minimum atomic E-state index is -0.913. The number of hydrogen-bond acceptors (Lipinski definition) is 4. The van der Waals surface area contributed by atoms with Crippen LogP contribution in [0, 0.1) is 5.92 Å². The van der Waals surface area contributed by atoms with Gasteiger partial charge in [0.05, 0.1) is 31.4 Å². The number of urea groups is 1. The van der Waals surface area contributed by atoms with Gasteiger partial charge in [0.15, 0.2) is 0 Å². The highest BCUT2D eigenvalue weighted by Gasteiger charge is 2.42. The summed E-state index contributed by atoms with van der Waals surface area (Å²) < 4.78 is 10.8. The lowest BCUT2D eigenvalue weighted by Crippen LogP contribution is -2.54. The Morgan fingerprint density at radius 3 is 2.52 bits per heavy atom. The van der Waals surface area contributed by atoms with E-state index >= 15 is 0 Å². The fraction of sp³-hybridized carbons (Fsp3) is 0.857. The van der Waals surface area contributed by atoms with Crippen molar-refractivity contribution in [2.24, 2.45) is 5.92 Å². The lowest BCUT2D eigenvalue weighted by Gasteiger charge is -2.36. The van der Waals surface area contributed by atoms with E-state index in [0.717, 1.165) is 6.42 Å². The highest BCUT2D eigenvalue weighted by atomic mass is 16.5. The predicted molar refractivity (Wildman–Crippen MR) is 75.1 cm³/mol. The molecule has 0 aromatic heterocycles. The number of carbonyl (C=O) groups is 2. The largest absolute Gasteiger partial charge is 0.481 e. The van der Waals surface area contributed by atoms with Crippen LogP contribution >= 0.6 is 0 Å². The maximum absolute atomic E-state index is 12.7. The van der Waals surface area contributed by atoms with E-state index in [2.05, 4.69) is 0 Å². The Labute approximate surface area is 124 Å². The van der Waals surface area contributed by atoms with Crippen molar-refractivity contribution in [3.8, 4) is 0 Å². The van der Waals surface area contributed by atoms with Crippen molar-refractivity contribution < 1.29 is 24.2 Å². The smallest absolute Gasteiger partial charge is 0.320 e. The Balaban J connectivity index is 2.09. The van der Waals surface area contributed by atoms with Gasteiger partial charge in [-0.1, -0.05) is 0 Å². The van der Waals surface area contributed by atoms with E-state index in [0.29, 0.717) is 13.2 Å². The molecule has 0 spiro atoms. The van der Waals surface area contributed by atoms with Crippen LogP contribution in [0.15, 0.2) is 0 Å². The predicted octanol–water partition coefficient (Wildman–Crippen LogP) is 0.637. The number of carbonyl (C=O) groups excluding carboxylic acids is 1. The normalized spacial score (nSPS) is 32.1. The van der Waals surface area contributed by atoms with Crippen molar-refractivity contribution in [2.75, 3.05) is 33.4 Å². The number of aliphatic carboxylic acids is 1. The number of amides is 2. The fourth-order valence-corrected chi connectivity index (χ4v) is 3.17. The minimum absolute atomic E-state index is 0.00718. The van der Waals surface area contributed by atoms with Crippen LogP contribution in [0.5, 0.6) is 0 Å². The van der Waals surface area contributed by atoms with Crippen LogP contribution in [0.2, 0.25) is 0 Å². The molecule has 1 N–H and O–H groups in total. The van der Waals surface area contributed by atoms with Crippen molar-refractivity contribution in [1.29, 1.82) is 0 Å². The van der Waals surface area contributed by atoms with Crippen molar-refractivity contribution in [2.45, 2.75) is 38.5 Å². The molecule has 2 fully saturated rings. The van der Waals surface area contributed by atoms with E-state index in [4.69, 9.17) is 9.47 Å². The zero-order valence-electron chi connectivity index (χ0n) is 12.8. The Morgan fingerprint density at radius 2 is 2.00 bits per heavy atom. The van der Waals surface area contributed by atoms with Crippen LogP contribution in [-0.2, 0) is 14.3 Å². The number of carboxylic acids is 1. The van der Waals surface area contributed by atoms with Gasteiger partial charge in [-0.05, 0) is 20.3 Å². The van der Waals surface area contributed by atoms with E-state index in [1.54, 1.807) is 16.8 Å². The SMILES string of the molecule is CCN(C(=O)N(C)C1CCOC1C)C1COCC1C(=O)O. The van der Waals surface area contributed by atoms with E-state index in [1.807, 2.05) is 13.8 Å². The van der Waals surface area contributed by atoms with E-state index < -0.39 is 17.9 Å². The first-order valence-corrected chi connectivity index (χ1v) is 7.43. The van der Waals surface area contributed by atoms with Gasteiger partial charge in [0.25, 0.3) is 0 Å². The van der Waals surface area contributed by atoms with Crippen molar-refractivity contribution in [3.63, 3.8) is 0 Å². The number of hydrogen-bond donors (Lipinski definition) is 1. The summed E-state index contributed by atoms with van der Waals surface area (Å²) in [5.41, 5.74) is 0. The molecule has 0 bridgehead atoms. The van der Waals surface area contributed by atoms with Crippen LogP contribution in [0.4, 0.5) is 4.79 Å². The van der Waals surface area contributed by atoms with Crippen LogP contribution < -0.4 is 0 Å². The summed E-state index contributed by atoms with van der Waals surface area (Å²) in [6.45, 7) is 5.37. The Morgan fingerprint density at radius 1 is 1.29 bits per heavy atom. The average molecular weight is 300 g/mol. The Bertz CT molecular complexity index is 403. The number of nitrogens with zero attached hydrogens (tertiary/aromatic N) is 2. The molecule has 21 heavy (non-hydrogen) atoms. The third-order valence-electron chi connectivity index (χ3n) is 4.49. The summed E-state index contributed by atoms with van der Waals surface area (Å²) >= 11 is 0. The quantitative estimate of drug-likeness (QED) is 0.824. The van der Waals surface area contributed by atoms with Gasteiger partial charge in [0, 0.05) is 20.2 Å². The lowest BCUT2D eigenvalue weighted by molar-refractivity contribution is -0.142. The molecule has 0 aromatic rings. The number of likely N-dealkylation sites (N-methyl/N-ethyl adjacent to an activating group) is 2. The summed E-state index contributed by atoms with van der Waals surface area (Å²) in [4.78, 5) is 27.3. The summed E-state index contributed by atoms with van der Waals surface area (Å²) in [6.07, 6.45) is 0.817. The minimum Gasteiger partial charge on any atom is -0.481 e. The maximum atomic E-state index is 12.7. The van der Waals surface area contributed by atoms with E-state index in [1.165, 1.54) is 0 Å². The molecule has 0 aliphatic carbocycles. The van der Waals surface area contributed by atoms with Gasteiger partial charge in [-0.25, -0.2) is 4.79 Å². The van der Waals surface area contributed by atoms with Gasteiger partial charge in [-0.3, -0.25) is 4.79 Å². The number of ether oxygens (including phenoxy) is 2. The van der Waals surface area contributed by atoms with Crippen LogP contribution in [0.1, 0.15) is 20.3 Å². The van der Waals surface area contributed by atoms with Crippen molar-refractivity contribution in [1.82, 2.24) is 9.80 Å². The topological polar surface area (TPSA) is 79.3 Å². The summed E-state index contributed by atoms with van der Waals surface area (Å²) in [5, 5.41) is 9.25. The molecular weight excluding hydrogens is 276 g/mol. The zero-order valence-corrected chi connectivity index (χ0v) is 12.8. The fourth-order valence-electron chi connectivity index (χ4n) is 3.17. The van der Waals surface area contributed by atoms with Gasteiger partial charge in [-0.15, -0.1) is 0 Å². The van der Waals surface area contributed by atoms with Gasteiger partial charge in [-0.2, -0.15) is 0 Å². The number of rotatable bonds is 4. The molecule has 4 atom stereocenters.